The molecule has 0 amide bonds. The Bertz CT molecular complexity index is 529. The Hall–Kier alpha value is -1.08. The topological polar surface area (TPSA) is 39.7 Å². The molecule has 4 nitrogen and oxygen atoms in total. The molecule has 0 aliphatic heterocycles. The minimum Gasteiger partial charge on any atom is -0.357 e. The lowest BCUT2D eigenvalue weighted by Crippen LogP contribution is -2.43. The monoisotopic (exact) mass is 442 g/mol. The fourth-order valence-electron chi connectivity index (χ4n) is 2.78. The molecule has 0 fully saturated rings. The predicted octanol–water partition coefficient (Wildman–Crippen LogP) is 3.49. The third-order valence-electron chi connectivity index (χ3n) is 4.20. The fourth-order valence-corrected chi connectivity index (χ4v) is 2.78. The molecule has 1 aliphatic rings. The Balaban J connectivity index is 0.00000288. The number of hydrogen-bond acceptors (Lipinski definition) is 2. The molecule has 0 aromatic heterocycles. The number of aryl methyl sites for hydroxylation is 1. The van der Waals surface area contributed by atoms with Crippen molar-refractivity contribution in [2.45, 2.75) is 38.8 Å². The molecule has 134 valence electrons. The number of nitrogens with one attached hydrogen (secondary N) is 2. The summed E-state index contributed by atoms with van der Waals surface area (Å²) in [5.74, 6) is 0.917. The van der Waals surface area contributed by atoms with Crippen LogP contribution in [0.3, 0.4) is 0 Å². The Morgan fingerprint density at radius 2 is 1.83 bits per heavy atom. The number of nitrogens with zero attached hydrogens (tertiary/aromatic N) is 2. The van der Waals surface area contributed by atoms with Crippen LogP contribution < -0.4 is 10.6 Å². The summed E-state index contributed by atoms with van der Waals surface area (Å²) in [7, 11) is 4.22. The fraction of sp³-hybridized carbons (Fsp3) is 0.526. The van der Waals surface area contributed by atoms with Gasteiger partial charge in [-0.2, -0.15) is 0 Å². The Morgan fingerprint density at radius 1 is 1.21 bits per heavy atom. The second kappa shape index (κ2) is 10.7. The first kappa shape index (κ1) is 21.0. The molecule has 2 N–H and O–H groups in total. The molecule has 1 atom stereocenters. The molecule has 1 aromatic rings. The van der Waals surface area contributed by atoms with E-state index < -0.39 is 0 Å². The normalized spacial score (nSPS) is 16.1. The predicted molar refractivity (Wildman–Crippen MR) is 114 cm³/mol. The van der Waals surface area contributed by atoms with Crippen LogP contribution in [0.1, 0.15) is 36.9 Å². The number of aliphatic imine (C=N–C) groups is 1. The van der Waals surface area contributed by atoms with Gasteiger partial charge in [0.05, 0.1) is 12.6 Å². The van der Waals surface area contributed by atoms with Gasteiger partial charge in [-0.25, -0.2) is 0 Å². The molecule has 0 saturated heterocycles. The molecular formula is C19H31IN4. The van der Waals surface area contributed by atoms with Crippen LogP contribution in [-0.2, 0) is 0 Å². The van der Waals surface area contributed by atoms with E-state index >= 15 is 0 Å². The summed E-state index contributed by atoms with van der Waals surface area (Å²) in [5, 5.41) is 6.89. The number of likely N-dealkylation sites (N-methyl/N-ethyl adjacent to an activating group) is 1. The molecule has 0 saturated carbocycles. The SMILES string of the molecule is CCNC(=NCC(c1ccc(C)cc1)N(C)C)NC1CC=CC1.I. The van der Waals surface area contributed by atoms with Gasteiger partial charge >= 0.3 is 0 Å². The highest BCUT2D eigenvalue weighted by Crippen LogP contribution is 2.19. The average molecular weight is 442 g/mol. The van der Waals surface area contributed by atoms with Gasteiger partial charge < -0.3 is 15.5 Å². The van der Waals surface area contributed by atoms with Gasteiger partial charge in [-0.05, 0) is 46.3 Å². The number of guanidine groups is 1. The summed E-state index contributed by atoms with van der Waals surface area (Å²) >= 11 is 0. The van der Waals surface area contributed by atoms with Gasteiger partial charge in [-0.1, -0.05) is 42.0 Å². The van der Waals surface area contributed by atoms with Gasteiger partial charge in [0.25, 0.3) is 0 Å². The van der Waals surface area contributed by atoms with Crippen molar-refractivity contribution in [2.24, 2.45) is 4.99 Å². The molecule has 24 heavy (non-hydrogen) atoms. The van der Waals surface area contributed by atoms with Crippen LogP contribution in [0.5, 0.6) is 0 Å². The van der Waals surface area contributed by atoms with E-state index in [4.69, 9.17) is 4.99 Å². The first-order valence-corrected chi connectivity index (χ1v) is 8.53. The standard InChI is InChI=1S/C19H30N4.HI/c1-5-20-19(22-17-8-6-7-9-17)21-14-18(23(3)4)16-12-10-15(2)11-13-16;/h6-7,10-13,17-18H,5,8-9,14H2,1-4H3,(H2,20,21,22);1H. The maximum Gasteiger partial charge on any atom is 0.191 e. The summed E-state index contributed by atoms with van der Waals surface area (Å²) < 4.78 is 0. The highest BCUT2D eigenvalue weighted by atomic mass is 127. The summed E-state index contributed by atoms with van der Waals surface area (Å²) in [5.41, 5.74) is 2.60. The number of rotatable bonds is 6. The van der Waals surface area contributed by atoms with Gasteiger partial charge in [0, 0.05) is 12.6 Å². The van der Waals surface area contributed by atoms with Crippen LogP contribution in [0.15, 0.2) is 41.4 Å². The van der Waals surface area contributed by atoms with Gasteiger partial charge in [0.1, 0.15) is 0 Å². The first-order chi connectivity index (χ1) is 11.1. The van der Waals surface area contributed by atoms with Crippen LogP contribution in [0.4, 0.5) is 0 Å². The quantitative estimate of drug-likeness (QED) is 0.307. The zero-order valence-corrected chi connectivity index (χ0v) is 17.6. The lowest BCUT2D eigenvalue weighted by molar-refractivity contribution is 0.306. The van der Waals surface area contributed by atoms with Crippen LogP contribution in [0, 0.1) is 6.92 Å². The molecular weight excluding hydrogens is 411 g/mol. The zero-order valence-electron chi connectivity index (χ0n) is 15.2. The largest absolute Gasteiger partial charge is 0.357 e. The van der Waals surface area contributed by atoms with Crippen molar-refractivity contribution in [3.8, 4) is 0 Å². The first-order valence-electron chi connectivity index (χ1n) is 8.53. The van der Waals surface area contributed by atoms with Crippen LogP contribution in [-0.4, -0.2) is 44.1 Å². The van der Waals surface area contributed by atoms with Crippen molar-refractivity contribution in [1.29, 1.82) is 0 Å². The third kappa shape index (κ3) is 6.43. The summed E-state index contributed by atoms with van der Waals surface area (Å²) in [6.07, 6.45) is 6.63. The van der Waals surface area contributed by atoms with Gasteiger partial charge in [-0.3, -0.25) is 4.99 Å². The molecule has 1 aromatic carbocycles. The second-order valence-corrected chi connectivity index (χ2v) is 6.39. The smallest absolute Gasteiger partial charge is 0.191 e. The summed E-state index contributed by atoms with van der Waals surface area (Å²) in [6, 6.07) is 9.51. The Morgan fingerprint density at radius 3 is 2.38 bits per heavy atom. The molecule has 1 unspecified atom stereocenters. The molecule has 0 bridgehead atoms. The van der Waals surface area contributed by atoms with E-state index in [2.05, 4.69) is 79.9 Å². The van der Waals surface area contributed by atoms with E-state index in [-0.39, 0.29) is 30.0 Å². The molecule has 2 rings (SSSR count). The van der Waals surface area contributed by atoms with Crippen molar-refractivity contribution in [2.75, 3.05) is 27.2 Å². The van der Waals surface area contributed by atoms with Crippen molar-refractivity contribution in [3.05, 3.63) is 47.5 Å². The Kier molecular flexibility index (Phi) is 9.36. The second-order valence-electron chi connectivity index (χ2n) is 6.39. The minimum absolute atomic E-state index is 0. The van der Waals surface area contributed by atoms with E-state index in [0.717, 1.165) is 31.9 Å². The minimum atomic E-state index is 0. The van der Waals surface area contributed by atoms with E-state index in [1.165, 1.54) is 11.1 Å². The lowest BCUT2D eigenvalue weighted by atomic mass is 10.0. The van der Waals surface area contributed by atoms with Gasteiger partial charge in [-0.15, -0.1) is 24.0 Å². The number of halogens is 1. The molecule has 1 aliphatic carbocycles. The molecule has 5 heteroatoms. The van der Waals surface area contributed by atoms with Crippen molar-refractivity contribution < 1.29 is 0 Å². The average Bonchev–Trinajstić information content (AvgIpc) is 3.02. The van der Waals surface area contributed by atoms with Gasteiger partial charge in [0.2, 0.25) is 0 Å². The highest BCUT2D eigenvalue weighted by Gasteiger charge is 2.15. The summed E-state index contributed by atoms with van der Waals surface area (Å²) in [6.45, 7) is 5.84. The molecule has 0 heterocycles. The van der Waals surface area contributed by atoms with Crippen molar-refractivity contribution in [3.63, 3.8) is 0 Å². The van der Waals surface area contributed by atoms with Crippen molar-refractivity contribution in [1.82, 2.24) is 15.5 Å². The summed E-state index contributed by atoms with van der Waals surface area (Å²) in [4.78, 5) is 7.05. The number of hydrogen-bond donors (Lipinski definition) is 2. The number of benzene rings is 1. The van der Waals surface area contributed by atoms with E-state index in [0.29, 0.717) is 6.04 Å². The van der Waals surface area contributed by atoms with Crippen LogP contribution in [0.25, 0.3) is 0 Å². The van der Waals surface area contributed by atoms with E-state index in [1.807, 2.05) is 0 Å². The van der Waals surface area contributed by atoms with Crippen LogP contribution in [0.2, 0.25) is 0 Å². The highest BCUT2D eigenvalue weighted by molar-refractivity contribution is 14.0. The maximum atomic E-state index is 4.82. The Labute approximate surface area is 163 Å². The van der Waals surface area contributed by atoms with E-state index in [1.54, 1.807) is 0 Å². The molecule has 0 radical (unpaired) electrons. The van der Waals surface area contributed by atoms with Gasteiger partial charge in [0.15, 0.2) is 5.96 Å². The molecule has 0 spiro atoms. The van der Waals surface area contributed by atoms with Crippen molar-refractivity contribution >= 4 is 29.9 Å². The maximum absolute atomic E-state index is 4.82. The zero-order chi connectivity index (χ0) is 16.7. The lowest BCUT2D eigenvalue weighted by Gasteiger charge is -2.24. The third-order valence-corrected chi connectivity index (χ3v) is 4.20. The van der Waals surface area contributed by atoms with Crippen LogP contribution >= 0.6 is 24.0 Å². The van der Waals surface area contributed by atoms with E-state index in [9.17, 15) is 0 Å².